The van der Waals surface area contributed by atoms with Gasteiger partial charge >= 0.3 is 0 Å². The van der Waals surface area contributed by atoms with Crippen molar-refractivity contribution in [2.75, 3.05) is 19.6 Å². The van der Waals surface area contributed by atoms with Crippen molar-refractivity contribution in [3.63, 3.8) is 0 Å². The summed E-state index contributed by atoms with van der Waals surface area (Å²) < 4.78 is 0. The highest BCUT2D eigenvalue weighted by Crippen LogP contribution is 2.31. The third kappa shape index (κ3) is 3.08. The zero-order valence-electron chi connectivity index (χ0n) is 12.5. The lowest BCUT2D eigenvalue weighted by atomic mass is 10.1. The minimum absolute atomic E-state index is 0.0164. The summed E-state index contributed by atoms with van der Waals surface area (Å²) in [6.45, 7) is 1.59. The van der Waals surface area contributed by atoms with Gasteiger partial charge in [0.2, 0.25) is 5.91 Å². The Kier molecular flexibility index (Phi) is 4.60. The van der Waals surface area contributed by atoms with Crippen molar-refractivity contribution in [3.8, 4) is 0 Å². The molecule has 3 amide bonds. The molecule has 2 aliphatic rings. The van der Waals surface area contributed by atoms with Crippen LogP contribution in [-0.4, -0.2) is 47.2 Å². The van der Waals surface area contributed by atoms with E-state index in [-0.39, 0.29) is 40.0 Å². The number of benzene rings is 1. The second-order valence-electron chi connectivity index (χ2n) is 5.77. The largest absolute Gasteiger partial charge is 0.343 e. The van der Waals surface area contributed by atoms with E-state index in [1.165, 1.54) is 12.1 Å². The van der Waals surface area contributed by atoms with Gasteiger partial charge < -0.3 is 4.90 Å². The minimum Gasteiger partial charge on any atom is -0.343 e. The highest BCUT2D eigenvalue weighted by molar-refractivity contribution is 6.43. The summed E-state index contributed by atoms with van der Waals surface area (Å²) in [7, 11) is 0. The van der Waals surface area contributed by atoms with Crippen molar-refractivity contribution < 1.29 is 14.4 Å². The summed E-state index contributed by atoms with van der Waals surface area (Å²) in [5, 5.41) is 0.468. The molecule has 2 heterocycles. The van der Waals surface area contributed by atoms with E-state index >= 15 is 0 Å². The third-order valence-electron chi connectivity index (χ3n) is 4.27. The Morgan fingerprint density at radius 1 is 0.957 bits per heavy atom. The highest BCUT2D eigenvalue weighted by Gasteiger charge is 2.36. The Morgan fingerprint density at radius 3 is 2.00 bits per heavy atom. The predicted octanol–water partition coefficient (Wildman–Crippen LogP) is 2.99. The van der Waals surface area contributed by atoms with Crippen LogP contribution in [0.2, 0.25) is 10.0 Å². The number of hydrogen-bond donors (Lipinski definition) is 0. The average Bonchev–Trinajstić information content (AvgIpc) is 2.78. The summed E-state index contributed by atoms with van der Waals surface area (Å²) in [6, 6.07) is 2.82. The molecule has 1 aromatic carbocycles. The first kappa shape index (κ1) is 16.3. The average molecular weight is 355 g/mol. The lowest BCUT2D eigenvalue weighted by Gasteiger charge is -2.27. The van der Waals surface area contributed by atoms with Crippen molar-refractivity contribution in [1.29, 1.82) is 0 Å². The summed E-state index contributed by atoms with van der Waals surface area (Å²) in [5.41, 5.74) is 0.490. The molecule has 5 nitrogen and oxygen atoms in total. The molecule has 0 atom stereocenters. The molecule has 0 N–H and O–H groups in total. The number of hydrogen-bond acceptors (Lipinski definition) is 3. The zero-order chi connectivity index (χ0) is 16.6. The molecule has 1 fully saturated rings. The number of amides is 3. The van der Waals surface area contributed by atoms with Gasteiger partial charge in [-0.15, -0.1) is 0 Å². The first-order valence-electron chi connectivity index (χ1n) is 7.62. The van der Waals surface area contributed by atoms with Crippen LogP contribution in [0.1, 0.15) is 46.4 Å². The number of carbonyl (C=O) groups excluding carboxylic acids is 3. The Bertz CT molecular complexity index is 643. The highest BCUT2D eigenvalue weighted by atomic mass is 35.5. The number of imide groups is 1. The number of rotatable bonds is 3. The van der Waals surface area contributed by atoms with Gasteiger partial charge in [0.05, 0.1) is 21.2 Å². The molecule has 0 radical (unpaired) electrons. The van der Waals surface area contributed by atoms with Crippen molar-refractivity contribution in [3.05, 3.63) is 33.3 Å². The van der Waals surface area contributed by atoms with E-state index in [0.717, 1.165) is 37.3 Å². The van der Waals surface area contributed by atoms with Crippen LogP contribution >= 0.6 is 23.2 Å². The molecule has 1 aromatic rings. The fourth-order valence-electron chi connectivity index (χ4n) is 3.00. The van der Waals surface area contributed by atoms with E-state index in [1.807, 2.05) is 0 Å². The van der Waals surface area contributed by atoms with Gasteiger partial charge in [0.1, 0.15) is 0 Å². The molecule has 23 heavy (non-hydrogen) atoms. The minimum atomic E-state index is -0.421. The molecule has 0 unspecified atom stereocenters. The van der Waals surface area contributed by atoms with Crippen LogP contribution in [0.5, 0.6) is 0 Å². The Hall–Kier alpha value is -1.59. The van der Waals surface area contributed by atoms with Crippen molar-refractivity contribution >= 4 is 40.9 Å². The van der Waals surface area contributed by atoms with Crippen LogP contribution in [0.3, 0.4) is 0 Å². The van der Waals surface area contributed by atoms with Gasteiger partial charge in [-0.25, -0.2) is 0 Å². The molecule has 122 valence electrons. The molecule has 1 saturated heterocycles. The van der Waals surface area contributed by atoms with Crippen LogP contribution in [-0.2, 0) is 4.79 Å². The second kappa shape index (κ2) is 6.49. The molecule has 7 heteroatoms. The van der Waals surface area contributed by atoms with Crippen LogP contribution in [0.15, 0.2) is 12.1 Å². The third-order valence-corrected chi connectivity index (χ3v) is 4.99. The number of nitrogens with zero attached hydrogens (tertiary/aromatic N) is 2. The monoisotopic (exact) mass is 354 g/mol. The molecule has 0 aromatic heterocycles. The molecule has 3 rings (SSSR count). The number of fused-ring (bicyclic) bond motifs is 1. The molecular formula is C16H16Cl2N2O3. The molecule has 0 spiro atoms. The second-order valence-corrected chi connectivity index (χ2v) is 6.58. The smallest absolute Gasteiger partial charge is 0.261 e. The molecule has 0 aliphatic carbocycles. The van der Waals surface area contributed by atoms with Gasteiger partial charge in [0.25, 0.3) is 11.8 Å². The van der Waals surface area contributed by atoms with Crippen LogP contribution in [0, 0.1) is 0 Å². The maximum atomic E-state index is 12.3. The van der Waals surface area contributed by atoms with Crippen LogP contribution in [0.4, 0.5) is 0 Å². The van der Waals surface area contributed by atoms with Gasteiger partial charge in [0.15, 0.2) is 0 Å². The maximum absolute atomic E-state index is 12.3. The fourth-order valence-corrected chi connectivity index (χ4v) is 3.32. The van der Waals surface area contributed by atoms with Crippen LogP contribution in [0.25, 0.3) is 0 Å². The number of piperidine rings is 1. The van der Waals surface area contributed by atoms with E-state index in [0.29, 0.717) is 0 Å². The van der Waals surface area contributed by atoms with E-state index < -0.39 is 11.8 Å². The maximum Gasteiger partial charge on any atom is 0.261 e. The molecular weight excluding hydrogens is 339 g/mol. The fraction of sp³-hybridized carbons (Fsp3) is 0.438. The lowest BCUT2D eigenvalue weighted by Crippen LogP contribution is -2.39. The number of likely N-dealkylation sites (tertiary alicyclic amines) is 1. The summed E-state index contributed by atoms with van der Waals surface area (Å²) in [5.74, 6) is -0.859. The topological polar surface area (TPSA) is 57.7 Å². The zero-order valence-corrected chi connectivity index (χ0v) is 14.0. The number of halogens is 2. The van der Waals surface area contributed by atoms with Gasteiger partial charge in [-0.1, -0.05) is 23.2 Å². The van der Waals surface area contributed by atoms with Gasteiger partial charge in [0, 0.05) is 26.1 Å². The molecule has 2 aliphatic heterocycles. The molecule has 0 bridgehead atoms. The van der Waals surface area contributed by atoms with Gasteiger partial charge in [-0.05, 0) is 31.4 Å². The van der Waals surface area contributed by atoms with Crippen molar-refractivity contribution in [2.45, 2.75) is 25.7 Å². The SMILES string of the molecule is O=C(CCN1C(=O)c2cc(Cl)c(Cl)cc2C1=O)N1CCCCC1. The number of carbonyl (C=O) groups is 3. The Morgan fingerprint density at radius 2 is 1.48 bits per heavy atom. The summed E-state index contributed by atoms with van der Waals surface area (Å²) in [6.07, 6.45) is 3.31. The van der Waals surface area contributed by atoms with E-state index in [9.17, 15) is 14.4 Å². The van der Waals surface area contributed by atoms with E-state index in [2.05, 4.69) is 0 Å². The quantitative estimate of drug-likeness (QED) is 0.784. The molecule has 0 saturated carbocycles. The lowest BCUT2D eigenvalue weighted by molar-refractivity contribution is -0.132. The van der Waals surface area contributed by atoms with Crippen LogP contribution < -0.4 is 0 Å². The van der Waals surface area contributed by atoms with Crippen molar-refractivity contribution in [2.24, 2.45) is 0 Å². The van der Waals surface area contributed by atoms with E-state index in [4.69, 9.17) is 23.2 Å². The Balaban J connectivity index is 1.69. The van der Waals surface area contributed by atoms with Gasteiger partial charge in [-0.2, -0.15) is 0 Å². The summed E-state index contributed by atoms with van der Waals surface area (Å²) >= 11 is 11.8. The first-order chi connectivity index (χ1) is 11.0. The predicted molar refractivity (Wildman–Crippen MR) is 86.9 cm³/mol. The standard InChI is InChI=1S/C16H16Cl2N2O3/c17-12-8-10-11(9-13(12)18)16(23)20(15(10)22)7-4-14(21)19-5-2-1-3-6-19/h8-9H,1-7H2. The Labute approximate surface area is 144 Å². The first-order valence-corrected chi connectivity index (χ1v) is 8.37. The van der Waals surface area contributed by atoms with Gasteiger partial charge in [-0.3, -0.25) is 19.3 Å². The van der Waals surface area contributed by atoms with Crippen molar-refractivity contribution in [1.82, 2.24) is 9.80 Å². The van der Waals surface area contributed by atoms with E-state index in [1.54, 1.807) is 4.90 Å². The normalized spacial score (nSPS) is 17.7. The summed E-state index contributed by atoms with van der Waals surface area (Å²) in [4.78, 5) is 39.8.